The van der Waals surface area contributed by atoms with Crippen LogP contribution < -0.4 is 0 Å². The molecular weight excluding hydrogens is 310 g/mol. The lowest BCUT2D eigenvalue weighted by Crippen LogP contribution is -2.34. The van der Waals surface area contributed by atoms with Crippen LogP contribution in [-0.4, -0.2) is 4.92 Å². The Morgan fingerprint density at radius 3 is 2.12 bits per heavy atom. The fraction of sp³-hybridized carbons (Fsp3) is 0.455. The molecule has 3 nitrogen and oxygen atoms in total. The van der Waals surface area contributed by atoms with Crippen molar-refractivity contribution in [1.82, 2.24) is 0 Å². The van der Waals surface area contributed by atoms with Crippen molar-refractivity contribution in [3.05, 3.63) is 75.8 Å². The molecule has 0 bridgehead atoms. The van der Waals surface area contributed by atoms with Gasteiger partial charge in [0.15, 0.2) is 0 Å². The minimum atomic E-state index is -0.326. The minimum Gasteiger partial charge on any atom is -0.258 e. The third-order valence-corrected chi connectivity index (χ3v) is 6.37. The van der Waals surface area contributed by atoms with E-state index in [0.29, 0.717) is 11.8 Å². The smallest absolute Gasteiger partial charge is 0.258 e. The quantitative estimate of drug-likeness (QED) is 0.479. The molecular formula is C22H27NO2. The Labute approximate surface area is 150 Å². The van der Waals surface area contributed by atoms with E-state index < -0.39 is 0 Å². The van der Waals surface area contributed by atoms with Gasteiger partial charge in [0.1, 0.15) is 0 Å². The molecule has 25 heavy (non-hydrogen) atoms. The molecule has 2 aromatic carbocycles. The summed E-state index contributed by atoms with van der Waals surface area (Å²) in [6.07, 6.45) is 5.95. The first-order chi connectivity index (χ1) is 12.0. The molecule has 1 saturated carbocycles. The summed E-state index contributed by atoms with van der Waals surface area (Å²) < 4.78 is 0. The molecule has 0 aliphatic heterocycles. The van der Waals surface area contributed by atoms with E-state index in [0.717, 1.165) is 6.42 Å². The highest BCUT2D eigenvalue weighted by molar-refractivity contribution is 5.34. The van der Waals surface area contributed by atoms with Crippen LogP contribution >= 0.6 is 0 Å². The molecule has 2 aromatic rings. The number of benzene rings is 2. The maximum absolute atomic E-state index is 10.8. The minimum absolute atomic E-state index is 0.181. The molecule has 0 saturated heterocycles. The molecule has 0 spiro atoms. The summed E-state index contributed by atoms with van der Waals surface area (Å²) in [7, 11) is 0. The van der Waals surface area contributed by atoms with Crippen molar-refractivity contribution in [1.29, 1.82) is 0 Å². The van der Waals surface area contributed by atoms with Crippen LogP contribution in [0.2, 0.25) is 0 Å². The van der Waals surface area contributed by atoms with Crippen LogP contribution in [0.4, 0.5) is 5.69 Å². The van der Waals surface area contributed by atoms with Gasteiger partial charge in [-0.1, -0.05) is 56.3 Å². The summed E-state index contributed by atoms with van der Waals surface area (Å²) in [4.78, 5) is 10.5. The molecule has 3 rings (SSSR count). The van der Waals surface area contributed by atoms with Crippen LogP contribution in [0.5, 0.6) is 0 Å². The summed E-state index contributed by atoms with van der Waals surface area (Å²) in [6.45, 7) is 4.72. The summed E-state index contributed by atoms with van der Waals surface area (Å²) >= 11 is 0. The molecule has 0 heterocycles. The third kappa shape index (κ3) is 3.60. The van der Waals surface area contributed by atoms with Gasteiger partial charge in [-0.2, -0.15) is 0 Å². The number of rotatable bonds is 5. The van der Waals surface area contributed by atoms with Gasteiger partial charge in [-0.3, -0.25) is 10.1 Å². The van der Waals surface area contributed by atoms with Crippen molar-refractivity contribution in [3.8, 4) is 0 Å². The van der Waals surface area contributed by atoms with Crippen molar-refractivity contribution < 1.29 is 4.92 Å². The molecule has 1 atom stereocenters. The number of hydrogen-bond donors (Lipinski definition) is 0. The molecule has 132 valence electrons. The summed E-state index contributed by atoms with van der Waals surface area (Å²) in [5.74, 6) is 1.24. The SMILES string of the molecule is CCC(C)(c1ccccc1)C1CCC(c2ccc([N+](=O)[O-])cc2)CC1. The Kier molecular flexibility index (Phi) is 5.22. The molecule has 0 amide bonds. The lowest BCUT2D eigenvalue weighted by Gasteiger charge is -2.42. The van der Waals surface area contributed by atoms with Crippen LogP contribution in [0, 0.1) is 16.0 Å². The van der Waals surface area contributed by atoms with Gasteiger partial charge in [0.2, 0.25) is 0 Å². The van der Waals surface area contributed by atoms with E-state index in [9.17, 15) is 10.1 Å². The molecule has 0 aromatic heterocycles. The maximum atomic E-state index is 10.8. The fourth-order valence-electron chi connectivity index (χ4n) is 4.48. The van der Waals surface area contributed by atoms with Gasteiger partial charge in [0, 0.05) is 12.1 Å². The normalized spacial score (nSPS) is 23.0. The molecule has 1 aliphatic carbocycles. The Balaban J connectivity index is 1.69. The largest absolute Gasteiger partial charge is 0.269 e. The van der Waals surface area contributed by atoms with E-state index in [1.54, 1.807) is 12.1 Å². The van der Waals surface area contributed by atoms with Gasteiger partial charge >= 0.3 is 0 Å². The Morgan fingerprint density at radius 1 is 1.00 bits per heavy atom. The van der Waals surface area contributed by atoms with Crippen LogP contribution in [0.3, 0.4) is 0 Å². The van der Waals surface area contributed by atoms with Crippen LogP contribution in [0.1, 0.15) is 63.0 Å². The van der Waals surface area contributed by atoms with Crippen molar-refractivity contribution >= 4 is 5.69 Å². The maximum Gasteiger partial charge on any atom is 0.269 e. The second-order valence-corrected chi connectivity index (χ2v) is 7.53. The zero-order valence-corrected chi connectivity index (χ0v) is 15.2. The van der Waals surface area contributed by atoms with E-state index in [-0.39, 0.29) is 16.0 Å². The van der Waals surface area contributed by atoms with Crippen molar-refractivity contribution in [2.45, 2.75) is 57.3 Å². The van der Waals surface area contributed by atoms with Gasteiger partial charge in [-0.15, -0.1) is 0 Å². The third-order valence-electron chi connectivity index (χ3n) is 6.37. The van der Waals surface area contributed by atoms with Crippen LogP contribution in [0.25, 0.3) is 0 Å². The Morgan fingerprint density at radius 2 is 1.60 bits per heavy atom. The zero-order chi connectivity index (χ0) is 17.9. The van der Waals surface area contributed by atoms with Crippen LogP contribution in [0.15, 0.2) is 54.6 Å². The number of nitro benzene ring substituents is 1. The lowest BCUT2D eigenvalue weighted by atomic mass is 9.63. The highest BCUT2D eigenvalue weighted by Gasteiger charge is 2.36. The first-order valence-electron chi connectivity index (χ1n) is 9.34. The average molecular weight is 337 g/mol. The number of hydrogen-bond acceptors (Lipinski definition) is 2. The van der Waals surface area contributed by atoms with E-state index in [2.05, 4.69) is 44.2 Å². The Bertz CT molecular complexity index is 703. The van der Waals surface area contributed by atoms with Crippen molar-refractivity contribution in [2.75, 3.05) is 0 Å². The van der Waals surface area contributed by atoms with Gasteiger partial charge < -0.3 is 0 Å². The topological polar surface area (TPSA) is 43.1 Å². The number of non-ortho nitro benzene ring substituents is 1. The average Bonchev–Trinajstić information content (AvgIpc) is 2.68. The highest BCUT2D eigenvalue weighted by atomic mass is 16.6. The summed E-state index contributed by atoms with van der Waals surface area (Å²) in [6, 6.07) is 18.1. The monoisotopic (exact) mass is 337 g/mol. The zero-order valence-electron chi connectivity index (χ0n) is 15.2. The number of nitro groups is 1. The van der Waals surface area contributed by atoms with E-state index >= 15 is 0 Å². The van der Waals surface area contributed by atoms with E-state index in [1.807, 2.05) is 12.1 Å². The highest BCUT2D eigenvalue weighted by Crippen LogP contribution is 2.46. The van der Waals surface area contributed by atoms with Crippen molar-refractivity contribution in [2.24, 2.45) is 5.92 Å². The van der Waals surface area contributed by atoms with E-state index in [4.69, 9.17) is 0 Å². The van der Waals surface area contributed by atoms with Gasteiger partial charge in [-0.05, 0) is 60.5 Å². The van der Waals surface area contributed by atoms with Crippen LogP contribution in [-0.2, 0) is 5.41 Å². The predicted octanol–water partition coefficient (Wildman–Crippen LogP) is 6.24. The first kappa shape index (κ1) is 17.7. The standard InChI is InChI=1S/C22H27NO2/c1-3-22(2,19-7-5-4-6-8-19)20-13-9-17(10-14-20)18-11-15-21(16-12-18)23(24)25/h4-8,11-12,15-17,20H,3,9-10,13-14H2,1-2H3. The second kappa shape index (κ2) is 7.38. The molecule has 0 radical (unpaired) electrons. The van der Waals surface area contributed by atoms with Gasteiger partial charge in [-0.25, -0.2) is 0 Å². The van der Waals surface area contributed by atoms with E-state index in [1.165, 1.54) is 36.8 Å². The molecule has 3 heteroatoms. The second-order valence-electron chi connectivity index (χ2n) is 7.53. The molecule has 0 N–H and O–H groups in total. The lowest BCUT2D eigenvalue weighted by molar-refractivity contribution is -0.384. The Hall–Kier alpha value is -2.16. The fourth-order valence-corrected chi connectivity index (χ4v) is 4.48. The van der Waals surface area contributed by atoms with Crippen molar-refractivity contribution in [3.63, 3.8) is 0 Å². The van der Waals surface area contributed by atoms with Gasteiger partial charge in [0.05, 0.1) is 4.92 Å². The first-order valence-corrected chi connectivity index (χ1v) is 9.34. The summed E-state index contributed by atoms with van der Waals surface area (Å²) in [5, 5.41) is 10.8. The molecule has 1 unspecified atom stereocenters. The molecule has 1 aliphatic rings. The number of nitrogens with zero attached hydrogens (tertiary/aromatic N) is 1. The molecule has 1 fully saturated rings. The predicted molar refractivity (Wildman–Crippen MR) is 102 cm³/mol. The summed E-state index contributed by atoms with van der Waals surface area (Å²) in [5.41, 5.74) is 3.13. The van der Waals surface area contributed by atoms with Gasteiger partial charge in [0.25, 0.3) is 5.69 Å².